The first-order valence-electron chi connectivity index (χ1n) is 5.72. The summed E-state index contributed by atoms with van der Waals surface area (Å²) in [7, 11) is 0. The number of carbonyl (C=O) groups excluding carboxylic acids is 1. The Morgan fingerprint density at radius 1 is 1.26 bits per heavy atom. The van der Waals surface area contributed by atoms with Crippen LogP contribution in [0.4, 0.5) is 17.6 Å². The van der Waals surface area contributed by atoms with Gasteiger partial charge >= 0.3 is 6.18 Å². The smallest absolute Gasteiger partial charge is 0.352 e. The minimum Gasteiger partial charge on any atom is -0.352 e. The third-order valence-electron chi connectivity index (χ3n) is 2.47. The molecule has 0 aliphatic heterocycles. The molecule has 0 bridgehead atoms. The lowest BCUT2D eigenvalue weighted by Crippen LogP contribution is -2.26. The molecule has 1 amide bonds. The normalized spacial score (nSPS) is 11.4. The summed E-state index contributed by atoms with van der Waals surface area (Å²) in [6.07, 6.45) is -3.56. The average molecular weight is 278 g/mol. The van der Waals surface area contributed by atoms with Gasteiger partial charge in [-0.15, -0.1) is 0 Å². The van der Waals surface area contributed by atoms with Crippen molar-refractivity contribution in [3.8, 4) is 0 Å². The minimum atomic E-state index is -4.82. The Kier molecular flexibility index (Phi) is 5.29. The van der Waals surface area contributed by atoms with E-state index in [0.29, 0.717) is 25.5 Å². The van der Waals surface area contributed by atoms with Crippen LogP contribution in [0.25, 0.3) is 0 Å². The second-order valence-corrected chi connectivity index (χ2v) is 3.92. The second-order valence-electron chi connectivity index (χ2n) is 3.92. The summed E-state index contributed by atoms with van der Waals surface area (Å²) in [6.45, 7) is 0.694. The van der Waals surface area contributed by atoms with Crippen molar-refractivity contribution in [1.82, 2.24) is 5.32 Å². The molecule has 0 radical (unpaired) electrons. The third-order valence-corrected chi connectivity index (χ3v) is 2.47. The van der Waals surface area contributed by atoms with E-state index in [9.17, 15) is 22.4 Å². The fourth-order valence-corrected chi connectivity index (χ4v) is 1.49. The zero-order valence-corrected chi connectivity index (χ0v) is 10.1. The van der Waals surface area contributed by atoms with E-state index in [4.69, 9.17) is 5.73 Å². The van der Waals surface area contributed by atoms with Gasteiger partial charge in [-0.2, -0.15) is 13.2 Å². The number of hydrogen-bond acceptors (Lipinski definition) is 2. The second kappa shape index (κ2) is 6.51. The predicted octanol–water partition coefficient (Wildman–Crippen LogP) is 2.31. The van der Waals surface area contributed by atoms with Gasteiger partial charge in [0.1, 0.15) is 5.82 Å². The highest BCUT2D eigenvalue weighted by Crippen LogP contribution is 2.32. The first kappa shape index (κ1) is 15.4. The zero-order valence-electron chi connectivity index (χ0n) is 10.1. The van der Waals surface area contributed by atoms with Gasteiger partial charge in [-0.25, -0.2) is 4.39 Å². The first-order chi connectivity index (χ1) is 8.88. The lowest BCUT2D eigenvalue weighted by atomic mass is 10.1. The number of alkyl halides is 3. The minimum absolute atomic E-state index is 0.242. The van der Waals surface area contributed by atoms with Gasteiger partial charge in [0.15, 0.2) is 0 Å². The molecule has 0 unspecified atom stereocenters. The standard InChI is InChI=1S/C12H14F4N2O/c13-10-8(11(19)18-7-2-1-6-17)4-3-5-9(10)12(14,15)16/h3-5H,1-2,6-7,17H2,(H,18,19). The van der Waals surface area contributed by atoms with Crippen LogP contribution in [0.15, 0.2) is 18.2 Å². The van der Waals surface area contributed by atoms with Crippen LogP contribution in [0.2, 0.25) is 0 Å². The van der Waals surface area contributed by atoms with Gasteiger partial charge in [0.05, 0.1) is 11.1 Å². The molecule has 0 aliphatic rings. The van der Waals surface area contributed by atoms with Gasteiger partial charge < -0.3 is 11.1 Å². The number of carbonyl (C=O) groups is 1. The highest BCUT2D eigenvalue weighted by Gasteiger charge is 2.35. The van der Waals surface area contributed by atoms with E-state index in [-0.39, 0.29) is 6.54 Å². The van der Waals surface area contributed by atoms with E-state index in [2.05, 4.69) is 5.32 Å². The number of unbranched alkanes of at least 4 members (excludes halogenated alkanes) is 1. The first-order valence-corrected chi connectivity index (χ1v) is 5.72. The van der Waals surface area contributed by atoms with E-state index >= 15 is 0 Å². The van der Waals surface area contributed by atoms with Crippen LogP contribution >= 0.6 is 0 Å². The lowest BCUT2D eigenvalue weighted by Gasteiger charge is -2.11. The molecular formula is C12H14F4N2O. The Labute approximate surface area is 107 Å². The van der Waals surface area contributed by atoms with Gasteiger partial charge in [0, 0.05) is 6.54 Å². The SMILES string of the molecule is NCCCCNC(=O)c1cccc(C(F)(F)F)c1F. The quantitative estimate of drug-likeness (QED) is 0.641. The predicted molar refractivity (Wildman–Crippen MR) is 62.0 cm³/mol. The molecule has 0 saturated carbocycles. The van der Waals surface area contributed by atoms with Crippen molar-refractivity contribution >= 4 is 5.91 Å². The fourth-order valence-electron chi connectivity index (χ4n) is 1.49. The molecule has 0 saturated heterocycles. The van der Waals surface area contributed by atoms with E-state index < -0.39 is 29.0 Å². The largest absolute Gasteiger partial charge is 0.419 e. The van der Waals surface area contributed by atoms with Crippen LogP contribution in [-0.4, -0.2) is 19.0 Å². The Morgan fingerprint density at radius 2 is 1.95 bits per heavy atom. The molecule has 3 N–H and O–H groups in total. The van der Waals surface area contributed by atoms with E-state index in [1.165, 1.54) is 0 Å². The van der Waals surface area contributed by atoms with Gasteiger partial charge in [0.25, 0.3) is 5.91 Å². The number of rotatable bonds is 5. The van der Waals surface area contributed by atoms with Crippen LogP contribution in [0.5, 0.6) is 0 Å². The van der Waals surface area contributed by atoms with Crippen molar-refractivity contribution in [1.29, 1.82) is 0 Å². The van der Waals surface area contributed by atoms with Crippen molar-refractivity contribution in [2.75, 3.05) is 13.1 Å². The topological polar surface area (TPSA) is 55.1 Å². The molecular weight excluding hydrogens is 264 g/mol. The molecule has 1 aromatic rings. The number of benzene rings is 1. The highest BCUT2D eigenvalue weighted by atomic mass is 19.4. The van der Waals surface area contributed by atoms with Gasteiger partial charge in [-0.05, 0) is 31.5 Å². The Bertz CT molecular complexity index is 446. The molecule has 0 spiro atoms. The molecule has 7 heteroatoms. The van der Waals surface area contributed by atoms with Gasteiger partial charge in [-0.3, -0.25) is 4.79 Å². The summed E-state index contributed by atoms with van der Waals surface area (Å²) in [5, 5.41) is 2.35. The number of nitrogens with two attached hydrogens (primary N) is 1. The highest BCUT2D eigenvalue weighted by molar-refractivity contribution is 5.94. The monoisotopic (exact) mass is 278 g/mol. The molecule has 0 aromatic heterocycles. The van der Waals surface area contributed by atoms with Crippen molar-refractivity contribution < 1.29 is 22.4 Å². The number of nitrogens with one attached hydrogen (secondary N) is 1. The number of amides is 1. The maximum Gasteiger partial charge on any atom is 0.419 e. The number of halogens is 4. The molecule has 0 aliphatic carbocycles. The molecule has 0 atom stereocenters. The summed E-state index contributed by atoms with van der Waals surface area (Å²) >= 11 is 0. The van der Waals surface area contributed by atoms with Gasteiger partial charge in [0.2, 0.25) is 0 Å². The number of hydrogen-bond donors (Lipinski definition) is 2. The van der Waals surface area contributed by atoms with Crippen LogP contribution < -0.4 is 11.1 Å². The zero-order chi connectivity index (χ0) is 14.5. The van der Waals surface area contributed by atoms with Crippen molar-refractivity contribution in [2.45, 2.75) is 19.0 Å². The molecule has 1 aromatic carbocycles. The molecule has 0 fully saturated rings. The average Bonchev–Trinajstić information content (AvgIpc) is 2.33. The molecule has 106 valence electrons. The maximum atomic E-state index is 13.6. The van der Waals surface area contributed by atoms with E-state index in [0.717, 1.165) is 12.1 Å². The van der Waals surface area contributed by atoms with Gasteiger partial charge in [-0.1, -0.05) is 6.07 Å². The Hall–Kier alpha value is -1.63. The molecule has 3 nitrogen and oxygen atoms in total. The third kappa shape index (κ3) is 4.20. The van der Waals surface area contributed by atoms with Crippen molar-refractivity contribution in [3.63, 3.8) is 0 Å². The lowest BCUT2D eigenvalue weighted by molar-refractivity contribution is -0.140. The summed E-state index contributed by atoms with van der Waals surface area (Å²) in [4.78, 5) is 11.6. The fraction of sp³-hybridized carbons (Fsp3) is 0.417. The van der Waals surface area contributed by atoms with Crippen LogP contribution in [-0.2, 0) is 6.18 Å². The summed E-state index contributed by atoms with van der Waals surface area (Å²) in [5.41, 5.74) is 3.20. The summed E-state index contributed by atoms with van der Waals surface area (Å²) < 4.78 is 51.0. The van der Waals surface area contributed by atoms with Crippen LogP contribution in [0.3, 0.4) is 0 Å². The molecule has 19 heavy (non-hydrogen) atoms. The Morgan fingerprint density at radius 3 is 2.53 bits per heavy atom. The summed E-state index contributed by atoms with van der Waals surface area (Å²) in [6, 6.07) is 2.62. The van der Waals surface area contributed by atoms with Crippen LogP contribution in [0.1, 0.15) is 28.8 Å². The van der Waals surface area contributed by atoms with E-state index in [1.807, 2.05) is 0 Å². The van der Waals surface area contributed by atoms with Crippen molar-refractivity contribution in [3.05, 3.63) is 35.1 Å². The molecule has 1 rings (SSSR count). The maximum absolute atomic E-state index is 13.6. The summed E-state index contributed by atoms with van der Waals surface area (Å²) in [5.74, 6) is -2.41. The van der Waals surface area contributed by atoms with Crippen LogP contribution in [0, 0.1) is 5.82 Å². The van der Waals surface area contributed by atoms with E-state index in [1.54, 1.807) is 0 Å². The molecule has 0 heterocycles. The Balaban J connectivity index is 2.81. The van der Waals surface area contributed by atoms with Crippen molar-refractivity contribution in [2.24, 2.45) is 5.73 Å².